The number of amides is 3. The van der Waals surface area contributed by atoms with Gasteiger partial charge in [-0.2, -0.15) is 0 Å². The minimum Gasteiger partial charge on any atom is -0.497 e. The first-order valence-electron chi connectivity index (χ1n) is 12.1. The fraction of sp³-hybridized carbons (Fsp3) is 0.444. The van der Waals surface area contributed by atoms with E-state index in [9.17, 15) is 14.4 Å². The van der Waals surface area contributed by atoms with Crippen LogP contribution in [0.5, 0.6) is 5.75 Å². The van der Waals surface area contributed by atoms with E-state index in [-0.39, 0.29) is 24.3 Å². The van der Waals surface area contributed by atoms with Crippen LogP contribution in [0.2, 0.25) is 0 Å². The van der Waals surface area contributed by atoms with Gasteiger partial charge in [0, 0.05) is 50.7 Å². The Hall–Kier alpha value is -3.43. The molecule has 0 bridgehead atoms. The molecule has 1 spiro atoms. The lowest BCUT2D eigenvalue weighted by Crippen LogP contribution is -2.60. The highest BCUT2D eigenvalue weighted by molar-refractivity contribution is 5.99. The second kappa shape index (κ2) is 11.1. The lowest BCUT2D eigenvalue weighted by atomic mass is 9.95. The average Bonchev–Trinajstić information content (AvgIpc) is 3.27. The Morgan fingerprint density at radius 2 is 1.81 bits per heavy atom. The Morgan fingerprint density at radius 1 is 1.06 bits per heavy atom. The molecule has 0 unspecified atom stereocenters. The molecule has 0 radical (unpaired) electrons. The van der Waals surface area contributed by atoms with Crippen molar-refractivity contribution in [3.05, 3.63) is 65.2 Å². The number of aryl methyl sites for hydroxylation is 1. The van der Waals surface area contributed by atoms with Gasteiger partial charge in [-0.25, -0.2) is 0 Å². The van der Waals surface area contributed by atoms with Gasteiger partial charge in [0.2, 0.25) is 5.91 Å². The monoisotopic (exact) mass is 495 g/mol. The van der Waals surface area contributed by atoms with Crippen molar-refractivity contribution >= 4 is 17.7 Å². The summed E-state index contributed by atoms with van der Waals surface area (Å²) < 4.78 is 16.6. The topological polar surface area (TPSA) is 97.4 Å². The minimum atomic E-state index is -0.980. The number of carbonyl (C=O) groups is 3. The van der Waals surface area contributed by atoms with Crippen molar-refractivity contribution in [2.45, 2.75) is 31.5 Å². The first kappa shape index (κ1) is 25.7. The van der Waals surface area contributed by atoms with Crippen molar-refractivity contribution in [1.29, 1.82) is 0 Å². The molecule has 1 N–H and O–H groups in total. The lowest BCUT2D eigenvalue weighted by Gasteiger charge is -2.44. The molecular weight excluding hydrogens is 462 g/mol. The smallest absolute Gasteiger partial charge is 0.257 e. The maximum atomic E-state index is 13.8. The summed E-state index contributed by atoms with van der Waals surface area (Å²) in [5, 5.41) is 2.83. The van der Waals surface area contributed by atoms with Crippen LogP contribution >= 0.6 is 0 Å². The molecule has 0 aliphatic carbocycles. The highest BCUT2D eigenvalue weighted by Gasteiger charge is 2.54. The molecule has 192 valence electrons. The third-order valence-corrected chi connectivity index (χ3v) is 6.91. The van der Waals surface area contributed by atoms with Crippen LogP contribution in [-0.4, -0.2) is 86.4 Å². The molecular formula is C27H33N3O6. The number of nitrogens with zero attached hydrogens (tertiary/aromatic N) is 2. The number of hydrogen-bond acceptors (Lipinski definition) is 6. The van der Waals surface area contributed by atoms with E-state index in [1.807, 2.05) is 31.2 Å². The first-order valence-corrected chi connectivity index (χ1v) is 12.1. The number of nitrogens with one attached hydrogen (secondary N) is 1. The molecule has 4 rings (SSSR count). The van der Waals surface area contributed by atoms with Crippen LogP contribution in [-0.2, 0) is 14.3 Å². The number of piperidine rings is 1. The second-order valence-corrected chi connectivity index (χ2v) is 9.07. The summed E-state index contributed by atoms with van der Waals surface area (Å²) in [6.07, 6.45) is 0.810. The molecule has 36 heavy (non-hydrogen) atoms. The van der Waals surface area contributed by atoms with Gasteiger partial charge in [-0.05, 0) is 36.8 Å². The SMILES string of the molecule is COCCNC(=O)[C@H]1COC2(CCN(C(=O)c3ccccc3C)CC2)N1C(=O)c1cccc(OC)c1. The van der Waals surface area contributed by atoms with Crippen molar-refractivity contribution in [3.63, 3.8) is 0 Å². The number of carbonyl (C=O) groups excluding carboxylic acids is 3. The molecule has 2 aliphatic heterocycles. The molecule has 2 aliphatic rings. The van der Waals surface area contributed by atoms with Crippen LogP contribution in [0.25, 0.3) is 0 Å². The standard InChI is InChI=1S/C27H33N3O6/c1-19-7-4-5-10-22(19)26(33)29-14-11-27(12-15-29)30(23(18-36-27)24(31)28-13-16-34-2)25(32)20-8-6-9-21(17-20)35-3/h4-10,17,23H,11-16,18H2,1-3H3,(H,28,31)/t23-/m1/s1. The Morgan fingerprint density at radius 3 is 2.50 bits per heavy atom. The second-order valence-electron chi connectivity index (χ2n) is 9.07. The van der Waals surface area contributed by atoms with Crippen LogP contribution < -0.4 is 10.1 Å². The Labute approximate surface area is 211 Å². The molecule has 2 saturated heterocycles. The van der Waals surface area contributed by atoms with E-state index >= 15 is 0 Å². The number of benzene rings is 2. The van der Waals surface area contributed by atoms with Crippen molar-refractivity contribution < 1.29 is 28.6 Å². The average molecular weight is 496 g/mol. The Balaban J connectivity index is 1.57. The van der Waals surface area contributed by atoms with Gasteiger partial charge in [0.15, 0.2) is 0 Å². The van der Waals surface area contributed by atoms with Gasteiger partial charge in [0.25, 0.3) is 11.8 Å². The minimum absolute atomic E-state index is 0.0412. The third kappa shape index (κ3) is 5.08. The predicted octanol–water partition coefficient (Wildman–Crippen LogP) is 2.24. The van der Waals surface area contributed by atoms with Gasteiger partial charge >= 0.3 is 0 Å². The molecule has 2 aromatic carbocycles. The maximum absolute atomic E-state index is 13.8. The maximum Gasteiger partial charge on any atom is 0.257 e. The van der Waals surface area contributed by atoms with Gasteiger partial charge < -0.3 is 24.4 Å². The van der Waals surface area contributed by atoms with Crippen molar-refractivity contribution in [1.82, 2.24) is 15.1 Å². The van der Waals surface area contributed by atoms with E-state index < -0.39 is 11.8 Å². The number of methoxy groups -OCH3 is 2. The summed E-state index contributed by atoms with van der Waals surface area (Å²) in [6, 6.07) is 13.6. The van der Waals surface area contributed by atoms with Gasteiger partial charge in [0.1, 0.15) is 17.5 Å². The normalized spacial score (nSPS) is 18.8. The van der Waals surface area contributed by atoms with Gasteiger partial charge in [-0.1, -0.05) is 24.3 Å². The van der Waals surface area contributed by atoms with Crippen LogP contribution in [0.15, 0.2) is 48.5 Å². The van der Waals surface area contributed by atoms with E-state index in [1.54, 1.807) is 41.2 Å². The zero-order valence-electron chi connectivity index (χ0n) is 21.0. The molecule has 0 saturated carbocycles. The highest BCUT2D eigenvalue weighted by atomic mass is 16.5. The summed E-state index contributed by atoms with van der Waals surface area (Å²) in [6.45, 7) is 3.52. The fourth-order valence-electron chi connectivity index (χ4n) is 4.90. The zero-order chi connectivity index (χ0) is 25.7. The Kier molecular flexibility index (Phi) is 7.91. The molecule has 3 amide bonds. The number of likely N-dealkylation sites (tertiary alicyclic amines) is 1. The summed E-state index contributed by atoms with van der Waals surface area (Å²) in [7, 11) is 3.10. The van der Waals surface area contributed by atoms with Crippen molar-refractivity contribution in [2.24, 2.45) is 0 Å². The number of rotatable bonds is 7. The van der Waals surface area contributed by atoms with E-state index in [0.717, 1.165) is 5.56 Å². The summed E-state index contributed by atoms with van der Waals surface area (Å²) >= 11 is 0. The largest absolute Gasteiger partial charge is 0.497 e. The summed E-state index contributed by atoms with van der Waals surface area (Å²) in [5.41, 5.74) is 1.02. The van der Waals surface area contributed by atoms with Crippen LogP contribution in [0.4, 0.5) is 0 Å². The highest BCUT2D eigenvalue weighted by Crippen LogP contribution is 2.39. The predicted molar refractivity (Wildman–Crippen MR) is 133 cm³/mol. The molecule has 9 nitrogen and oxygen atoms in total. The van der Waals surface area contributed by atoms with Gasteiger partial charge in [0.05, 0.1) is 20.3 Å². The van der Waals surface area contributed by atoms with E-state index in [2.05, 4.69) is 5.32 Å². The van der Waals surface area contributed by atoms with Crippen molar-refractivity contribution in [3.8, 4) is 5.75 Å². The quantitative estimate of drug-likeness (QED) is 0.592. The molecule has 0 aromatic heterocycles. The van der Waals surface area contributed by atoms with Gasteiger partial charge in [-0.3, -0.25) is 19.3 Å². The molecule has 2 fully saturated rings. The number of hydrogen-bond donors (Lipinski definition) is 1. The van der Waals surface area contributed by atoms with Gasteiger partial charge in [-0.15, -0.1) is 0 Å². The van der Waals surface area contributed by atoms with E-state index in [1.165, 1.54) is 7.11 Å². The fourth-order valence-corrected chi connectivity index (χ4v) is 4.90. The molecule has 9 heteroatoms. The zero-order valence-corrected chi connectivity index (χ0v) is 21.0. The summed E-state index contributed by atoms with van der Waals surface area (Å²) in [5.74, 6) is -0.0919. The number of ether oxygens (including phenoxy) is 3. The van der Waals surface area contributed by atoms with E-state index in [4.69, 9.17) is 14.2 Å². The van der Waals surface area contributed by atoms with E-state index in [0.29, 0.717) is 56.0 Å². The van der Waals surface area contributed by atoms with Crippen LogP contribution in [0.3, 0.4) is 0 Å². The third-order valence-electron chi connectivity index (χ3n) is 6.91. The lowest BCUT2D eigenvalue weighted by molar-refractivity contribution is -0.128. The van der Waals surface area contributed by atoms with Crippen molar-refractivity contribution in [2.75, 3.05) is 47.1 Å². The molecule has 2 heterocycles. The molecule has 1 atom stereocenters. The first-order chi connectivity index (χ1) is 17.4. The molecule has 2 aromatic rings. The van der Waals surface area contributed by atoms with Crippen LogP contribution in [0.1, 0.15) is 39.1 Å². The Bertz CT molecular complexity index is 1110. The summed E-state index contributed by atoms with van der Waals surface area (Å²) in [4.78, 5) is 43.4. The van der Waals surface area contributed by atoms with Crippen LogP contribution in [0, 0.1) is 6.92 Å².